The number of nitrogens with zero attached hydrogens (tertiary/aromatic N) is 4. The van der Waals surface area contributed by atoms with E-state index in [1.165, 1.54) is 11.8 Å². The van der Waals surface area contributed by atoms with Crippen LogP contribution in [0.5, 0.6) is 5.75 Å². The number of carbonyl (C=O) groups is 2. The third kappa shape index (κ3) is 6.42. The smallest absolute Gasteiger partial charge is 0.240 e. The van der Waals surface area contributed by atoms with Crippen LogP contribution in [0.25, 0.3) is 5.69 Å². The van der Waals surface area contributed by atoms with Crippen LogP contribution < -0.4 is 15.0 Å². The third-order valence-electron chi connectivity index (χ3n) is 6.49. The molecule has 4 rings (SSSR count). The molecule has 1 aromatic heterocycles. The van der Waals surface area contributed by atoms with Gasteiger partial charge >= 0.3 is 0 Å². The maximum Gasteiger partial charge on any atom is 0.240 e. The molecule has 0 saturated heterocycles. The van der Waals surface area contributed by atoms with Crippen molar-refractivity contribution in [3.8, 4) is 11.4 Å². The summed E-state index contributed by atoms with van der Waals surface area (Å²) in [6.07, 6.45) is 0. The van der Waals surface area contributed by atoms with Crippen molar-refractivity contribution in [2.45, 2.75) is 31.4 Å². The minimum absolute atomic E-state index is 0.111. The van der Waals surface area contributed by atoms with Gasteiger partial charge in [0.25, 0.3) is 0 Å². The Morgan fingerprint density at radius 2 is 1.87 bits per heavy atom. The largest absolute Gasteiger partial charge is 0.497 e. The summed E-state index contributed by atoms with van der Waals surface area (Å²) in [7, 11) is 5.52. The molecular weight excluding hydrogens is 534 g/mol. The number of hydrogen-bond donors (Lipinski definition) is 1. The second kappa shape index (κ2) is 12.0. The van der Waals surface area contributed by atoms with Gasteiger partial charge in [-0.1, -0.05) is 50.6 Å². The second-order valence-electron chi connectivity index (χ2n) is 10.8. The molecule has 2 aromatic carbocycles. The summed E-state index contributed by atoms with van der Waals surface area (Å²) in [5.41, 5.74) is 3.06. The summed E-state index contributed by atoms with van der Waals surface area (Å²) in [5, 5.41) is 8.42. The predicted molar refractivity (Wildman–Crippen MR) is 158 cm³/mol. The lowest BCUT2D eigenvalue weighted by molar-refractivity contribution is -0.122. The van der Waals surface area contributed by atoms with Gasteiger partial charge in [0, 0.05) is 29.1 Å². The van der Waals surface area contributed by atoms with E-state index in [0.29, 0.717) is 29.7 Å². The molecule has 0 unspecified atom stereocenters. The molecular formula is C29H36ClN5O3S. The van der Waals surface area contributed by atoms with Gasteiger partial charge in [-0.05, 0) is 50.0 Å². The monoisotopic (exact) mass is 569 g/mol. The van der Waals surface area contributed by atoms with Crippen molar-refractivity contribution in [1.29, 1.82) is 0 Å². The van der Waals surface area contributed by atoms with E-state index in [4.69, 9.17) is 21.4 Å². The highest BCUT2D eigenvalue weighted by molar-refractivity contribution is 8.00. The first kappa shape index (κ1) is 29.0. The number of fused-ring (bicyclic) bond motifs is 1. The van der Waals surface area contributed by atoms with Gasteiger partial charge < -0.3 is 15.0 Å². The maximum atomic E-state index is 13.7. The van der Waals surface area contributed by atoms with E-state index in [2.05, 4.69) is 26.1 Å². The van der Waals surface area contributed by atoms with Gasteiger partial charge in [0.15, 0.2) is 0 Å². The molecule has 1 N–H and O–H groups in total. The first-order valence-electron chi connectivity index (χ1n) is 12.9. The molecule has 1 aliphatic heterocycles. The highest BCUT2D eigenvalue weighted by Crippen LogP contribution is 2.49. The lowest BCUT2D eigenvalue weighted by atomic mass is 9.87. The number of carbonyl (C=O) groups excluding carboxylic acids is 2. The molecule has 1 atom stereocenters. The van der Waals surface area contributed by atoms with Crippen LogP contribution in [0.4, 0.5) is 5.82 Å². The van der Waals surface area contributed by atoms with Gasteiger partial charge in [-0.3, -0.25) is 14.5 Å². The number of ether oxygens (including phenoxy) is 1. The number of benzene rings is 2. The van der Waals surface area contributed by atoms with Gasteiger partial charge in [-0.2, -0.15) is 5.10 Å². The van der Waals surface area contributed by atoms with Crippen molar-refractivity contribution in [2.24, 2.45) is 0 Å². The van der Waals surface area contributed by atoms with E-state index in [0.717, 1.165) is 22.5 Å². The topological polar surface area (TPSA) is 79.7 Å². The van der Waals surface area contributed by atoms with Crippen LogP contribution in [0.2, 0.25) is 5.02 Å². The lowest BCUT2D eigenvalue weighted by Crippen LogP contribution is -2.43. The number of halogens is 1. The zero-order valence-corrected chi connectivity index (χ0v) is 24.9. The number of thioether (sulfide) groups is 1. The number of nitrogens with one attached hydrogen (secondary N) is 1. The Bertz CT molecular complexity index is 1330. The molecule has 0 radical (unpaired) electrons. The Morgan fingerprint density at radius 3 is 2.49 bits per heavy atom. The molecule has 0 fully saturated rings. The first-order chi connectivity index (χ1) is 18.5. The van der Waals surface area contributed by atoms with Crippen LogP contribution in [-0.2, 0) is 15.0 Å². The molecule has 10 heteroatoms. The molecule has 1 aliphatic rings. The van der Waals surface area contributed by atoms with E-state index < -0.39 is 0 Å². The summed E-state index contributed by atoms with van der Waals surface area (Å²) < 4.78 is 7.15. The van der Waals surface area contributed by atoms with Crippen LogP contribution in [0.3, 0.4) is 0 Å². The van der Waals surface area contributed by atoms with Crippen LogP contribution in [0, 0.1) is 0 Å². The number of likely N-dealkylation sites (N-methyl/N-ethyl adjacent to an activating group) is 1. The van der Waals surface area contributed by atoms with E-state index in [1.807, 2.05) is 67.5 Å². The van der Waals surface area contributed by atoms with E-state index in [9.17, 15) is 9.59 Å². The van der Waals surface area contributed by atoms with E-state index in [1.54, 1.807) is 16.7 Å². The first-order valence-corrected chi connectivity index (χ1v) is 14.3. The summed E-state index contributed by atoms with van der Waals surface area (Å²) in [6.45, 7) is 7.39. The fourth-order valence-electron chi connectivity index (χ4n) is 4.53. The molecule has 0 aliphatic carbocycles. The standard InChI is InChI=1S/C29H36ClN5O3S/c1-29(2,3)27-25-26(21-9-7-8-10-22(21)30)39-18-24(37)34(17-23(36)31-15-16-33(4)5)28(25)35(32-27)19-11-13-20(38-6)14-12-19/h7-14,26H,15-18H2,1-6H3,(H,31,36)/t26-/m0/s1. The summed E-state index contributed by atoms with van der Waals surface area (Å²) in [4.78, 5) is 30.4. The SMILES string of the molecule is COc1ccc(-n2nc(C(C)(C)C)c3c2N(CC(=O)NCCN(C)C)C(=O)CS[C@H]3c2ccccc2Cl)cc1. The number of anilines is 1. The number of hydrogen-bond acceptors (Lipinski definition) is 6. The summed E-state index contributed by atoms with van der Waals surface area (Å²) >= 11 is 8.23. The van der Waals surface area contributed by atoms with E-state index >= 15 is 0 Å². The molecule has 2 amide bonds. The highest BCUT2D eigenvalue weighted by Gasteiger charge is 2.40. The minimum atomic E-state index is -0.352. The highest BCUT2D eigenvalue weighted by atomic mass is 35.5. The lowest BCUT2D eigenvalue weighted by Gasteiger charge is -2.25. The molecule has 208 valence electrons. The number of amides is 2. The summed E-state index contributed by atoms with van der Waals surface area (Å²) in [5.74, 6) is 1.12. The zero-order valence-electron chi connectivity index (χ0n) is 23.3. The maximum absolute atomic E-state index is 13.7. The van der Waals surface area contributed by atoms with Crippen LogP contribution in [-0.4, -0.2) is 73.1 Å². The molecule has 0 bridgehead atoms. The van der Waals surface area contributed by atoms with Crippen molar-refractivity contribution < 1.29 is 14.3 Å². The second-order valence-corrected chi connectivity index (χ2v) is 12.3. The third-order valence-corrected chi connectivity index (χ3v) is 8.07. The van der Waals surface area contributed by atoms with Crippen LogP contribution in [0.15, 0.2) is 48.5 Å². The Morgan fingerprint density at radius 1 is 1.18 bits per heavy atom. The molecule has 0 spiro atoms. The molecule has 8 nitrogen and oxygen atoms in total. The van der Waals surface area contributed by atoms with Crippen molar-refractivity contribution in [1.82, 2.24) is 20.0 Å². The van der Waals surface area contributed by atoms with Gasteiger partial charge in [0.1, 0.15) is 18.1 Å². The normalized spacial score (nSPS) is 15.7. The van der Waals surface area contributed by atoms with Crippen molar-refractivity contribution in [3.63, 3.8) is 0 Å². The van der Waals surface area contributed by atoms with Gasteiger partial charge in [0.2, 0.25) is 11.8 Å². The predicted octanol–water partition coefficient (Wildman–Crippen LogP) is 4.68. The minimum Gasteiger partial charge on any atom is -0.497 e. The quantitative estimate of drug-likeness (QED) is 0.424. The average molecular weight is 570 g/mol. The fraction of sp³-hybridized carbons (Fsp3) is 0.414. The molecule has 3 aromatic rings. The van der Waals surface area contributed by atoms with Crippen LogP contribution >= 0.6 is 23.4 Å². The fourth-order valence-corrected chi connectivity index (χ4v) is 6.07. The van der Waals surface area contributed by atoms with Crippen molar-refractivity contribution >= 4 is 41.0 Å². The summed E-state index contributed by atoms with van der Waals surface area (Å²) in [6, 6.07) is 15.2. The van der Waals surface area contributed by atoms with Crippen molar-refractivity contribution in [3.05, 3.63) is 70.4 Å². The Hall–Kier alpha value is -3.01. The van der Waals surface area contributed by atoms with Crippen LogP contribution in [0.1, 0.15) is 42.8 Å². The van der Waals surface area contributed by atoms with E-state index in [-0.39, 0.29) is 34.8 Å². The Labute approximate surface area is 239 Å². The molecule has 39 heavy (non-hydrogen) atoms. The Balaban J connectivity index is 1.93. The number of methoxy groups -OCH3 is 1. The average Bonchev–Trinajstić information content (AvgIpc) is 3.23. The molecule has 0 saturated carbocycles. The Kier molecular flexibility index (Phi) is 8.93. The zero-order chi connectivity index (χ0) is 28.3. The molecule has 2 heterocycles. The van der Waals surface area contributed by atoms with Gasteiger partial charge in [0.05, 0.1) is 29.5 Å². The van der Waals surface area contributed by atoms with Crippen molar-refractivity contribution in [2.75, 3.05) is 51.5 Å². The van der Waals surface area contributed by atoms with Gasteiger partial charge in [-0.25, -0.2) is 4.68 Å². The van der Waals surface area contributed by atoms with Gasteiger partial charge in [-0.15, -0.1) is 11.8 Å². The number of aromatic nitrogens is 2. The number of rotatable bonds is 8.